The van der Waals surface area contributed by atoms with Crippen LogP contribution in [0.25, 0.3) is 0 Å². The van der Waals surface area contributed by atoms with Gasteiger partial charge in [0, 0.05) is 18.7 Å². The number of para-hydroxylation sites is 1. The number of hydrogen-bond donors (Lipinski definition) is 1. The number of fused-ring (bicyclic) bond motifs is 1. The minimum absolute atomic E-state index is 0.161. The highest BCUT2D eigenvalue weighted by molar-refractivity contribution is 5.85. The normalized spacial score (nSPS) is 31.2. The lowest BCUT2D eigenvalue weighted by Crippen LogP contribution is -2.55. The van der Waals surface area contributed by atoms with E-state index in [1.165, 1.54) is 0 Å². The van der Waals surface area contributed by atoms with Gasteiger partial charge in [-0.3, -0.25) is 4.79 Å². The number of hydrogen-bond acceptors (Lipinski definition) is 4. The molecule has 2 fully saturated rings. The molecule has 2 unspecified atom stereocenters. The Morgan fingerprint density at radius 1 is 1.38 bits per heavy atom. The standard InChI is InChI=1S/C16H20N2O3/c19-15(13-9-20-14-4-2-1-3-12(13)14)18-7-8-21-16(11-18)5-6-17-10-16/h1-4,13,17H,5-11H2. The Morgan fingerprint density at radius 2 is 2.29 bits per heavy atom. The van der Waals surface area contributed by atoms with E-state index in [9.17, 15) is 4.79 Å². The van der Waals surface area contributed by atoms with Crippen LogP contribution >= 0.6 is 0 Å². The summed E-state index contributed by atoms with van der Waals surface area (Å²) in [6.45, 7) is 4.27. The maximum absolute atomic E-state index is 12.9. The topological polar surface area (TPSA) is 50.8 Å². The molecule has 0 aromatic heterocycles. The fourth-order valence-corrected chi connectivity index (χ4v) is 3.60. The molecule has 0 bridgehead atoms. The number of morpholine rings is 1. The number of benzene rings is 1. The zero-order valence-corrected chi connectivity index (χ0v) is 12.0. The van der Waals surface area contributed by atoms with Crippen molar-refractivity contribution in [3.05, 3.63) is 29.8 Å². The first-order valence-corrected chi connectivity index (χ1v) is 7.63. The van der Waals surface area contributed by atoms with Gasteiger partial charge in [0.15, 0.2) is 0 Å². The molecule has 2 saturated heterocycles. The van der Waals surface area contributed by atoms with Crippen LogP contribution in [0.2, 0.25) is 0 Å². The van der Waals surface area contributed by atoms with Crippen molar-refractivity contribution in [1.29, 1.82) is 0 Å². The second-order valence-corrected chi connectivity index (χ2v) is 6.12. The van der Waals surface area contributed by atoms with E-state index in [2.05, 4.69) is 5.32 Å². The van der Waals surface area contributed by atoms with Crippen LogP contribution in [-0.4, -0.2) is 55.8 Å². The summed E-state index contributed by atoms with van der Waals surface area (Å²) in [4.78, 5) is 14.8. The molecule has 3 aliphatic rings. The van der Waals surface area contributed by atoms with Gasteiger partial charge < -0.3 is 19.7 Å². The van der Waals surface area contributed by atoms with Gasteiger partial charge >= 0.3 is 0 Å². The molecule has 21 heavy (non-hydrogen) atoms. The number of amides is 1. The molecule has 5 nitrogen and oxygen atoms in total. The maximum Gasteiger partial charge on any atom is 0.233 e. The summed E-state index contributed by atoms with van der Waals surface area (Å²) in [5.74, 6) is 0.863. The summed E-state index contributed by atoms with van der Waals surface area (Å²) in [7, 11) is 0. The van der Waals surface area contributed by atoms with Crippen molar-refractivity contribution in [2.75, 3.05) is 39.4 Å². The van der Waals surface area contributed by atoms with Gasteiger partial charge in [-0.15, -0.1) is 0 Å². The quantitative estimate of drug-likeness (QED) is 0.829. The fourth-order valence-electron chi connectivity index (χ4n) is 3.60. The van der Waals surface area contributed by atoms with Crippen molar-refractivity contribution >= 4 is 5.91 Å². The maximum atomic E-state index is 12.9. The smallest absolute Gasteiger partial charge is 0.233 e. The highest BCUT2D eigenvalue weighted by Crippen LogP contribution is 2.35. The number of carbonyl (C=O) groups is 1. The highest BCUT2D eigenvalue weighted by Gasteiger charge is 2.43. The molecule has 1 aromatic carbocycles. The molecular formula is C16H20N2O3. The van der Waals surface area contributed by atoms with Crippen LogP contribution in [0.3, 0.4) is 0 Å². The molecular weight excluding hydrogens is 268 g/mol. The molecule has 1 spiro atoms. The van der Waals surface area contributed by atoms with Crippen molar-refractivity contribution in [3.63, 3.8) is 0 Å². The largest absolute Gasteiger partial charge is 0.492 e. The molecule has 1 aromatic rings. The van der Waals surface area contributed by atoms with Gasteiger partial charge in [-0.05, 0) is 19.0 Å². The first-order chi connectivity index (χ1) is 10.3. The van der Waals surface area contributed by atoms with Crippen molar-refractivity contribution in [2.45, 2.75) is 17.9 Å². The minimum Gasteiger partial charge on any atom is -0.492 e. The SMILES string of the molecule is O=C(C1COc2ccccc21)N1CCOC2(CCNC2)C1. The molecule has 5 heteroatoms. The summed E-state index contributed by atoms with van der Waals surface area (Å²) in [5, 5.41) is 3.34. The Kier molecular flexibility index (Phi) is 3.12. The summed E-state index contributed by atoms with van der Waals surface area (Å²) >= 11 is 0. The number of nitrogens with zero attached hydrogens (tertiary/aromatic N) is 1. The predicted molar refractivity (Wildman–Crippen MR) is 77.4 cm³/mol. The summed E-state index contributed by atoms with van der Waals surface area (Å²) in [5.41, 5.74) is 0.847. The lowest BCUT2D eigenvalue weighted by atomic mass is 9.96. The van der Waals surface area contributed by atoms with Crippen LogP contribution in [0.15, 0.2) is 24.3 Å². The molecule has 0 saturated carbocycles. The van der Waals surface area contributed by atoms with E-state index >= 15 is 0 Å². The van der Waals surface area contributed by atoms with E-state index in [-0.39, 0.29) is 17.4 Å². The highest BCUT2D eigenvalue weighted by atomic mass is 16.5. The van der Waals surface area contributed by atoms with Crippen LogP contribution < -0.4 is 10.1 Å². The fraction of sp³-hybridized carbons (Fsp3) is 0.562. The van der Waals surface area contributed by atoms with Gasteiger partial charge in [-0.2, -0.15) is 0 Å². The Bertz CT molecular complexity index is 554. The van der Waals surface area contributed by atoms with Crippen LogP contribution in [0.4, 0.5) is 0 Å². The van der Waals surface area contributed by atoms with Crippen LogP contribution in [0.5, 0.6) is 5.75 Å². The van der Waals surface area contributed by atoms with E-state index in [1.54, 1.807) is 0 Å². The molecule has 0 aliphatic carbocycles. The van der Waals surface area contributed by atoms with Gasteiger partial charge in [0.2, 0.25) is 5.91 Å². The average molecular weight is 288 g/mol. The van der Waals surface area contributed by atoms with Gasteiger partial charge in [-0.1, -0.05) is 18.2 Å². The molecule has 0 radical (unpaired) electrons. The Labute approximate surface area is 124 Å². The average Bonchev–Trinajstić information content (AvgIpc) is 3.14. The Morgan fingerprint density at radius 3 is 3.14 bits per heavy atom. The third kappa shape index (κ3) is 2.21. The summed E-state index contributed by atoms with van der Waals surface area (Å²) in [6.07, 6.45) is 0.981. The van der Waals surface area contributed by atoms with Gasteiger partial charge in [-0.25, -0.2) is 0 Å². The number of carbonyl (C=O) groups excluding carboxylic acids is 1. The lowest BCUT2D eigenvalue weighted by Gasteiger charge is -2.40. The van der Waals surface area contributed by atoms with E-state index in [1.807, 2.05) is 29.2 Å². The van der Waals surface area contributed by atoms with Crippen LogP contribution in [0, 0.1) is 0 Å². The number of nitrogens with one attached hydrogen (secondary N) is 1. The molecule has 1 amide bonds. The monoisotopic (exact) mass is 288 g/mol. The third-order valence-electron chi connectivity index (χ3n) is 4.76. The van der Waals surface area contributed by atoms with Crippen molar-refractivity contribution in [2.24, 2.45) is 0 Å². The molecule has 4 rings (SSSR count). The summed E-state index contributed by atoms with van der Waals surface area (Å²) in [6, 6.07) is 7.84. The summed E-state index contributed by atoms with van der Waals surface area (Å²) < 4.78 is 11.6. The van der Waals surface area contributed by atoms with Crippen LogP contribution in [-0.2, 0) is 9.53 Å². The van der Waals surface area contributed by atoms with Gasteiger partial charge in [0.25, 0.3) is 0 Å². The lowest BCUT2D eigenvalue weighted by molar-refractivity contribution is -0.149. The Hall–Kier alpha value is -1.59. The molecule has 3 aliphatic heterocycles. The van der Waals surface area contributed by atoms with Crippen molar-refractivity contribution < 1.29 is 14.3 Å². The zero-order valence-electron chi connectivity index (χ0n) is 12.0. The van der Waals surface area contributed by atoms with Crippen molar-refractivity contribution in [3.8, 4) is 5.75 Å². The van der Waals surface area contributed by atoms with Gasteiger partial charge in [0.1, 0.15) is 18.3 Å². The van der Waals surface area contributed by atoms with E-state index in [0.717, 1.165) is 30.8 Å². The first kappa shape index (κ1) is 13.1. The van der Waals surface area contributed by atoms with E-state index < -0.39 is 0 Å². The minimum atomic E-state index is -0.174. The number of ether oxygens (including phenoxy) is 2. The Balaban J connectivity index is 1.53. The molecule has 112 valence electrons. The molecule has 1 N–H and O–H groups in total. The van der Waals surface area contributed by atoms with Gasteiger partial charge in [0.05, 0.1) is 18.8 Å². The van der Waals surface area contributed by atoms with Crippen LogP contribution in [0.1, 0.15) is 17.9 Å². The first-order valence-electron chi connectivity index (χ1n) is 7.63. The zero-order chi connectivity index (χ0) is 14.3. The second-order valence-electron chi connectivity index (χ2n) is 6.12. The molecule has 2 atom stereocenters. The molecule has 3 heterocycles. The van der Waals surface area contributed by atoms with Crippen molar-refractivity contribution in [1.82, 2.24) is 10.2 Å². The third-order valence-corrected chi connectivity index (χ3v) is 4.76. The second kappa shape index (κ2) is 5.00. The van der Waals surface area contributed by atoms with E-state index in [4.69, 9.17) is 9.47 Å². The van der Waals surface area contributed by atoms with E-state index in [0.29, 0.717) is 26.3 Å². The number of rotatable bonds is 1. The predicted octanol–water partition coefficient (Wildman–Crippen LogP) is 0.753.